The monoisotopic (exact) mass is 249 g/mol. The summed E-state index contributed by atoms with van der Waals surface area (Å²) in [5.74, 6) is -0.729. The van der Waals surface area contributed by atoms with Crippen LogP contribution in [-0.2, 0) is 9.59 Å². The van der Waals surface area contributed by atoms with Crippen molar-refractivity contribution >= 4 is 24.5 Å². The number of amides is 1. The number of carboxylic acids is 1. The number of carbonyl (C=O) groups excluding carboxylic acids is 1. The molecule has 1 heterocycles. The Morgan fingerprint density at radius 3 is 2.50 bits per heavy atom. The minimum atomic E-state index is -0.901. The van der Waals surface area contributed by atoms with Gasteiger partial charge in [0.1, 0.15) is 6.04 Å². The molecule has 1 saturated heterocycles. The van der Waals surface area contributed by atoms with Gasteiger partial charge in [-0.1, -0.05) is 6.92 Å². The van der Waals surface area contributed by atoms with Gasteiger partial charge < -0.3 is 15.1 Å². The summed E-state index contributed by atoms with van der Waals surface area (Å²) in [6.45, 7) is 2.33. The first-order valence-corrected chi connectivity index (χ1v) is 5.80. The van der Waals surface area contributed by atoms with E-state index in [-0.39, 0.29) is 11.8 Å². The third kappa shape index (κ3) is 3.68. The number of likely N-dealkylation sites (tertiary alicyclic amines) is 1. The molecule has 0 aromatic heterocycles. The van der Waals surface area contributed by atoms with E-state index >= 15 is 0 Å². The van der Waals surface area contributed by atoms with Crippen LogP contribution in [0.2, 0.25) is 0 Å². The number of aliphatic hydroxyl groups excluding tert-OH is 1. The van der Waals surface area contributed by atoms with Crippen molar-refractivity contribution in [2.24, 2.45) is 5.92 Å². The second-order valence-electron chi connectivity index (χ2n) is 3.61. The van der Waals surface area contributed by atoms with Gasteiger partial charge in [-0.3, -0.25) is 4.79 Å². The van der Waals surface area contributed by atoms with Crippen LogP contribution in [0.15, 0.2) is 0 Å². The predicted molar refractivity (Wildman–Crippen MR) is 63.5 cm³/mol. The summed E-state index contributed by atoms with van der Waals surface area (Å²) in [4.78, 5) is 24.0. The van der Waals surface area contributed by atoms with Gasteiger partial charge in [0.15, 0.2) is 0 Å². The standard InChI is InChI=1S/C9H15NO3S.CH4O/c1-6(5-14)8(11)10-4-2-3-7(10)9(12)13;1-2/h6-7,14H,2-5H2,1H3,(H,12,13);2H,1H3/t6?,7-;/m0./s1. The highest BCUT2D eigenvalue weighted by molar-refractivity contribution is 7.80. The number of carboxylic acid groups (broad SMARTS) is 1. The summed E-state index contributed by atoms with van der Waals surface area (Å²) in [5, 5.41) is 15.9. The molecule has 1 fully saturated rings. The molecule has 5 nitrogen and oxygen atoms in total. The average Bonchev–Trinajstić information content (AvgIpc) is 2.78. The van der Waals surface area contributed by atoms with Crippen molar-refractivity contribution in [1.29, 1.82) is 0 Å². The van der Waals surface area contributed by atoms with E-state index < -0.39 is 12.0 Å². The fourth-order valence-electron chi connectivity index (χ4n) is 1.65. The van der Waals surface area contributed by atoms with Gasteiger partial charge in [-0.25, -0.2) is 4.79 Å². The van der Waals surface area contributed by atoms with Gasteiger partial charge in [-0.2, -0.15) is 12.6 Å². The zero-order chi connectivity index (χ0) is 12.7. The van der Waals surface area contributed by atoms with Crippen molar-refractivity contribution in [3.8, 4) is 0 Å². The number of thiol groups is 1. The third-order valence-corrected chi connectivity index (χ3v) is 3.06. The summed E-state index contributed by atoms with van der Waals surface area (Å²) in [6, 6.07) is -0.621. The van der Waals surface area contributed by atoms with Crippen molar-refractivity contribution in [2.45, 2.75) is 25.8 Å². The molecule has 1 aliphatic heterocycles. The number of aliphatic carboxylic acids is 1. The molecule has 0 bridgehead atoms. The maximum Gasteiger partial charge on any atom is 0.326 e. The van der Waals surface area contributed by atoms with Gasteiger partial charge in [0, 0.05) is 25.3 Å². The first-order valence-electron chi connectivity index (χ1n) is 5.16. The molecule has 16 heavy (non-hydrogen) atoms. The van der Waals surface area contributed by atoms with Crippen molar-refractivity contribution < 1.29 is 19.8 Å². The van der Waals surface area contributed by atoms with E-state index in [1.165, 1.54) is 4.90 Å². The summed E-state index contributed by atoms with van der Waals surface area (Å²) in [5.41, 5.74) is 0. The Morgan fingerprint density at radius 1 is 1.50 bits per heavy atom. The zero-order valence-electron chi connectivity index (χ0n) is 9.59. The highest BCUT2D eigenvalue weighted by Gasteiger charge is 2.35. The molecule has 94 valence electrons. The fraction of sp³-hybridized carbons (Fsp3) is 0.800. The second kappa shape index (κ2) is 7.51. The lowest BCUT2D eigenvalue weighted by Crippen LogP contribution is -2.43. The van der Waals surface area contributed by atoms with Gasteiger partial charge in [0.05, 0.1) is 0 Å². The van der Waals surface area contributed by atoms with Crippen LogP contribution in [-0.4, -0.2) is 52.4 Å². The molecule has 1 aliphatic rings. The minimum Gasteiger partial charge on any atom is -0.480 e. The first kappa shape index (κ1) is 15.2. The molecule has 1 rings (SSSR count). The van der Waals surface area contributed by atoms with Crippen LogP contribution in [0.25, 0.3) is 0 Å². The Hall–Kier alpha value is -0.750. The molecule has 2 atom stereocenters. The molecule has 1 unspecified atom stereocenters. The van der Waals surface area contributed by atoms with Crippen molar-refractivity contribution in [2.75, 3.05) is 19.4 Å². The van der Waals surface area contributed by atoms with Gasteiger partial charge in [0.25, 0.3) is 0 Å². The average molecular weight is 249 g/mol. The van der Waals surface area contributed by atoms with E-state index in [0.29, 0.717) is 18.7 Å². The van der Waals surface area contributed by atoms with Crippen LogP contribution in [0.5, 0.6) is 0 Å². The molecule has 0 spiro atoms. The normalized spacial score (nSPS) is 21.0. The number of carbonyl (C=O) groups is 2. The van der Waals surface area contributed by atoms with Gasteiger partial charge in [-0.15, -0.1) is 0 Å². The predicted octanol–water partition coefficient (Wildman–Crippen LogP) is 0.236. The smallest absolute Gasteiger partial charge is 0.326 e. The number of nitrogens with zero attached hydrogens (tertiary/aromatic N) is 1. The zero-order valence-corrected chi connectivity index (χ0v) is 10.5. The summed E-state index contributed by atoms with van der Waals surface area (Å²) >= 11 is 4.03. The van der Waals surface area contributed by atoms with Crippen molar-refractivity contribution in [3.05, 3.63) is 0 Å². The molecule has 1 amide bonds. The van der Waals surface area contributed by atoms with Gasteiger partial charge in [-0.05, 0) is 12.8 Å². The number of hydrogen-bond donors (Lipinski definition) is 3. The summed E-state index contributed by atoms with van der Waals surface area (Å²) < 4.78 is 0. The highest BCUT2D eigenvalue weighted by atomic mass is 32.1. The van der Waals surface area contributed by atoms with Crippen molar-refractivity contribution in [1.82, 2.24) is 4.90 Å². The Balaban J connectivity index is 0.00000106. The number of hydrogen-bond acceptors (Lipinski definition) is 4. The van der Waals surface area contributed by atoms with E-state index in [2.05, 4.69) is 12.6 Å². The third-order valence-electron chi connectivity index (χ3n) is 2.52. The van der Waals surface area contributed by atoms with Crippen molar-refractivity contribution in [3.63, 3.8) is 0 Å². The topological polar surface area (TPSA) is 77.8 Å². The largest absolute Gasteiger partial charge is 0.480 e. The van der Waals surface area contributed by atoms with E-state index in [4.69, 9.17) is 10.2 Å². The SMILES string of the molecule is CC(CS)C(=O)N1CCC[C@H]1C(=O)O.CO. The van der Waals surface area contributed by atoms with Gasteiger partial charge >= 0.3 is 5.97 Å². The molecule has 0 saturated carbocycles. The second-order valence-corrected chi connectivity index (χ2v) is 3.98. The quantitative estimate of drug-likeness (QED) is 0.626. The molecular weight excluding hydrogens is 230 g/mol. The van der Waals surface area contributed by atoms with E-state index in [0.717, 1.165) is 13.5 Å². The summed E-state index contributed by atoms with van der Waals surface area (Å²) in [7, 11) is 1.00. The molecule has 6 heteroatoms. The lowest BCUT2D eigenvalue weighted by molar-refractivity contribution is -0.149. The van der Waals surface area contributed by atoms with Crippen LogP contribution in [0.3, 0.4) is 0 Å². The number of rotatable bonds is 3. The van der Waals surface area contributed by atoms with E-state index in [9.17, 15) is 9.59 Å². The summed E-state index contributed by atoms with van der Waals surface area (Å²) in [6.07, 6.45) is 1.35. The number of aliphatic hydroxyl groups is 1. The maximum atomic E-state index is 11.7. The van der Waals surface area contributed by atoms with E-state index in [1.54, 1.807) is 6.92 Å². The molecule has 0 aromatic carbocycles. The Labute approximate surface area is 101 Å². The van der Waals surface area contributed by atoms with Crippen LogP contribution < -0.4 is 0 Å². The lowest BCUT2D eigenvalue weighted by Gasteiger charge is -2.24. The Bertz CT molecular complexity index is 247. The van der Waals surface area contributed by atoms with E-state index in [1.807, 2.05) is 0 Å². The highest BCUT2D eigenvalue weighted by Crippen LogP contribution is 2.20. The minimum absolute atomic E-state index is 0.0927. The van der Waals surface area contributed by atoms with Gasteiger partial charge in [0.2, 0.25) is 5.91 Å². The van der Waals surface area contributed by atoms with Crippen LogP contribution >= 0.6 is 12.6 Å². The Kier molecular flexibility index (Phi) is 7.16. The lowest BCUT2D eigenvalue weighted by atomic mass is 10.1. The maximum absolute atomic E-state index is 11.7. The van der Waals surface area contributed by atoms with Crippen LogP contribution in [0, 0.1) is 5.92 Å². The molecular formula is C10H19NO4S. The van der Waals surface area contributed by atoms with Crippen LogP contribution in [0.1, 0.15) is 19.8 Å². The molecule has 0 aromatic rings. The van der Waals surface area contributed by atoms with Crippen LogP contribution in [0.4, 0.5) is 0 Å². The first-order chi connectivity index (χ1) is 7.57. The molecule has 0 aliphatic carbocycles. The molecule has 2 N–H and O–H groups in total. The molecule has 0 radical (unpaired) electrons. The fourth-order valence-corrected chi connectivity index (χ4v) is 1.80. The Morgan fingerprint density at radius 2 is 2.06 bits per heavy atom.